The van der Waals surface area contributed by atoms with E-state index < -0.39 is 62.9 Å². The molecule has 7 aromatic carbocycles. The predicted octanol–water partition coefficient (Wildman–Crippen LogP) is 17.4. The lowest BCUT2D eigenvalue weighted by molar-refractivity contribution is 1.75. The first-order valence-electron chi connectivity index (χ1n) is 21.3. The summed E-state index contributed by atoms with van der Waals surface area (Å²) in [5, 5.41) is 24.1. The van der Waals surface area contributed by atoms with E-state index in [-0.39, 0.29) is 0 Å². The van der Waals surface area contributed by atoms with Crippen LogP contribution in [0.15, 0.2) is 97.1 Å². The van der Waals surface area contributed by atoms with E-state index in [2.05, 4.69) is 236 Å². The van der Waals surface area contributed by atoms with E-state index in [1.807, 2.05) is 0 Å². The molecule has 318 valence electrons. The SMILES string of the molecule is C[Si](C)(C)S(C#Cc1c2cc3cc4ccccc4cc3cc2c(C#CS([Si](C)(C)C)([Si](C)(C)C)S(C)(C)C)c2cc3cc4ccccc4cc3cc12)([Si](C)(C)C)S(C)(C)C. The molecule has 0 amide bonds. The second kappa shape index (κ2) is 15.1. The second-order valence-electron chi connectivity index (χ2n) is 22.1. The van der Waals surface area contributed by atoms with Crippen molar-refractivity contribution in [2.75, 3.05) is 37.5 Å². The Hall–Kier alpha value is -2.51. The molecule has 0 saturated carbocycles. The standard InChI is InChI=1S/C52H70S4Si4/c1-53(2,3)55(57(7,8)9,58(10,11)12)29-27-47-49-35-43-31-39-23-19-21-25-41(39)33-45(43)37-51(49)48(28-30-56(54(4,5)6,59(13,14)15)60(16,17)18)52-38-46-34-42-26-22-20-24-40(42)32-44(46)36-50(47)52/h19-26,31-38H,1-18H3. The van der Waals surface area contributed by atoms with Crippen molar-refractivity contribution in [3.05, 3.63) is 108 Å². The van der Waals surface area contributed by atoms with E-state index >= 15 is 0 Å². The van der Waals surface area contributed by atoms with Crippen molar-refractivity contribution in [1.82, 2.24) is 0 Å². The summed E-state index contributed by atoms with van der Waals surface area (Å²) in [6, 6.07) is 37.2. The third-order valence-electron chi connectivity index (χ3n) is 12.3. The van der Waals surface area contributed by atoms with Crippen molar-refractivity contribution < 1.29 is 0 Å². The Bertz CT molecular complexity index is 2600. The third kappa shape index (κ3) is 7.37. The molecular weight excluding hydrogens is 865 g/mol. The lowest BCUT2D eigenvalue weighted by Gasteiger charge is -2.64. The molecule has 0 N–H and O–H groups in total. The molecule has 0 heterocycles. The van der Waals surface area contributed by atoms with Crippen molar-refractivity contribution >= 4 is 128 Å². The van der Waals surface area contributed by atoms with Gasteiger partial charge in [-0.25, -0.2) is 18.1 Å². The minimum atomic E-state index is -1.74. The van der Waals surface area contributed by atoms with Crippen LogP contribution in [0.25, 0.3) is 64.6 Å². The fourth-order valence-electron chi connectivity index (χ4n) is 11.3. The molecule has 8 heteroatoms. The van der Waals surface area contributed by atoms with Crippen molar-refractivity contribution in [2.45, 2.75) is 78.6 Å². The van der Waals surface area contributed by atoms with Gasteiger partial charge >= 0.3 is 0 Å². The van der Waals surface area contributed by atoms with Crippen LogP contribution in [-0.2, 0) is 0 Å². The van der Waals surface area contributed by atoms with Gasteiger partial charge in [-0.15, -0.1) is 0 Å². The van der Waals surface area contributed by atoms with E-state index in [4.69, 9.17) is 0 Å². The molecule has 60 heavy (non-hydrogen) atoms. The largest absolute Gasteiger partial charge is 0.217 e. The Balaban J connectivity index is 1.77. The summed E-state index contributed by atoms with van der Waals surface area (Å²) in [5.74, 6) is 8.44. The number of benzene rings is 7. The molecule has 0 aliphatic carbocycles. The maximum Gasteiger partial charge on any atom is 0.105 e. The molecule has 0 unspecified atom stereocenters. The van der Waals surface area contributed by atoms with Crippen LogP contribution in [0.4, 0.5) is 0 Å². The van der Waals surface area contributed by atoms with Gasteiger partial charge in [0.1, 0.15) is 28.9 Å². The first kappa shape index (κ1) is 45.5. The number of hydrogen-bond donors (Lipinski definition) is 0. The van der Waals surface area contributed by atoms with Crippen LogP contribution in [0.1, 0.15) is 11.1 Å². The molecule has 7 rings (SSSR count). The normalized spacial score (nSPS) is 15.0. The van der Waals surface area contributed by atoms with Gasteiger partial charge in [0.15, 0.2) is 0 Å². The van der Waals surface area contributed by atoms with Gasteiger partial charge in [-0.2, -0.15) is 15.9 Å². The summed E-state index contributed by atoms with van der Waals surface area (Å²) in [7, 11) is -11.4. The van der Waals surface area contributed by atoms with Crippen molar-refractivity contribution in [3.63, 3.8) is 0 Å². The number of hydrogen-bond acceptors (Lipinski definition) is 0. The summed E-state index contributed by atoms with van der Waals surface area (Å²) in [6.45, 7) is 31.5. The lowest BCUT2D eigenvalue weighted by atomic mass is 9.88. The summed E-state index contributed by atoms with van der Waals surface area (Å²) < 4.78 is 0. The molecule has 7 aromatic rings. The van der Waals surface area contributed by atoms with E-state index in [0.717, 1.165) is 0 Å². The topological polar surface area (TPSA) is 0 Å². The fourth-order valence-corrected chi connectivity index (χ4v) is 145. The van der Waals surface area contributed by atoms with Crippen LogP contribution >= 0.6 is 34.0 Å². The van der Waals surface area contributed by atoms with E-state index in [0.29, 0.717) is 0 Å². The van der Waals surface area contributed by atoms with Crippen molar-refractivity contribution in [2.24, 2.45) is 0 Å². The molecule has 0 radical (unpaired) electrons. The molecule has 0 nitrogen and oxygen atoms in total. The van der Waals surface area contributed by atoms with Gasteiger partial charge in [-0.05, 0) is 151 Å². The molecule has 0 spiro atoms. The molecule has 0 saturated heterocycles. The van der Waals surface area contributed by atoms with Gasteiger partial charge in [0.05, 0.1) is 0 Å². The van der Waals surface area contributed by atoms with Crippen LogP contribution in [0, 0.1) is 22.3 Å². The zero-order chi connectivity index (χ0) is 44.2. The molecule has 0 aromatic heterocycles. The Labute approximate surface area is 371 Å². The smallest absolute Gasteiger partial charge is 0.105 e. The molecule has 0 aliphatic rings. The molecule has 0 aliphatic heterocycles. The highest BCUT2D eigenvalue weighted by Gasteiger charge is 2.53. The minimum Gasteiger partial charge on any atom is -0.217 e. The number of rotatable bonds is 6. The summed E-state index contributed by atoms with van der Waals surface area (Å²) in [5.41, 5.74) is 2.39. The van der Waals surface area contributed by atoms with Gasteiger partial charge in [-0.1, -0.05) is 149 Å². The maximum atomic E-state index is 4.42. The van der Waals surface area contributed by atoms with Gasteiger partial charge in [0.2, 0.25) is 0 Å². The van der Waals surface area contributed by atoms with Crippen molar-refractivity contribution in [3.8, 4) is 22.3 Å². The van der Waals surface area contributed by atoms with Crippen LogP contribution in [0.5, 0.6) is 0 Å². The van der Waals surface area contributed by atoms with Gasteiger partial charge in [0, 0.05) is 11.1 Å². The van der Waals surface area contributed by atoms with Crippen LogP contribution in [-0.4, -0.2) is 66.4 Å². The predicted molar refractivity (Wildman–Crippen MR) is 305 cm³/mol. The zero-order valence-corrected chi connectivity index (χ0v) is 47.1. The Morgan fingerprint density at radius 2 is 0.533 bits per heavy atom. The first-order chi connectivity index (χ1) is 27.5. The molecule has 0 atom stereocenters. The van der Waals surface area contributed by atoms with Crippen LogP contribution in [0.2, 0.25) is 78.6 Å². The van der Waals surface area contributed by atoms with Crippen LogP contribution in [0.3, 0.4) is 0 Å². The van der Waals surface area contributed by atoms with E-state index in [1.54, 1.807) is 0 Å². The minimum absolute atomic E-state index is 0.988. The van der Waals surface area contributed by atoms with Gasteiger partial charge < -0.3 is 0 Å². The average Bonchev–Trinajstić information content (AvgIpc) is 3.09. The lowest BCUT2D eigenvalue weighted by Crippen LogP contribution is -2.45. The highest BCUT2D eigenvalue weighted by atomic mass is 33.4. The van der Waals surface area contributed by atoms with Crippen LogP contribution < -0.4 is 0 Å². The van der Waals surface area contributed by atoms with E-state index in [9.17, 15) is 0 Å². The molecule has 0 fully saturated rings. The first-order valence-corrected chi connectivity index (χ1v) is 48.2. The highest BCUT2D eigenvalue weighted by molar-refractivity contribution is 9.27. The second-order valence-corrected chi connectivity index (χ2v) is 85.6. The highest BCUT2D eigenvalue weighted by Crippen LogP contribution is 2.85. The third-order valence-corrected chi connectivity index (χ3v) is 112. The summed E-state index contributed by atoms with van der Waals surface area (Å²) >= 11 is 0. The quantitative estimate of drug-likeness (QED) is 0.0675. The Morgan fingerprint density at radius 1 is 0.317 bits per heavy atom. The Kier molecular flexibility index (Phi) is 11.4. The van der Waals surface area contributed by atoms with Crippen molar-refractivity contribution in [1.29, 1.82) is 0 Å². The van der Waals surface area contributed by atoms with Gasteiger partial charge in [-0.3, -0.25) is 0 Å². The van der Waals surface area contributed by atoms with E-state index in [1.165, 1.54) is 75.8 Å². The summed E-state index contributed by atoms with van der Waals surface area (Å²) in [4.78, 5) is 0. The monoisotopic (exact) mass is 934 g/mol. The molecule has 0 bridgehead atoms. The zero-order valence-electron chi connectivity index (χ0n) is 39.9. The Morgan fingerprint density at radius 3 is 0.717 bits per heavy atom. The number of fused-ring (bicyclic) bond motifs is 6. The van der Waals surface area contributed by atoms with Gasteiger partial charge in [0.25, 0.3) is 0 Å². The fraction of sp³-hybridized carbons (Fsp3) is 0.346. The average molecular weight is 936 g/mol. The maximum absolute atomic E-state index is 4.42. The molecular formula is C52H70S4Si4. The summed E-state index contributed by atoms with van der Waals surface area (Å²) in [6.07, 6.45) is 15.5.